The first-order valence-electron chi connectivity index (χ1n) is 10.5. The van der Waals surface area contributed by atoms with Crippen molar-refractivity contribution in [1.29, 1.82) is 0 Å². The van der Waals surface area contributed by atoms with E-state index in [1.54, 1.807) is 6.07 Å². The smallest absolute Gasteiger partial charge is 0.306 e. The predicted octanol–water partition coefficient (Wildman–Crippen LogP) is 3.99. The Morgan fingerprint density at radius 2 is 2.03 bits per heavy atom. The molecule has 4 rings (SSSR count). The molecular formula is C24H28N2O5. The number of furan rings is 1. The zero-order chi connectivity index (χ0) is 22.2. The lowest BCUT2D eigenvalue weighted by molar-refractivity contribution is -0.140. The second-order valence-corrected chi connectivity index (χ2v) is 8.73. The van der Waals surface area contributed by atoms with Gasteiger partial charge in [-0.2, -0.15) is 0 Å². The summed E-state index contributed by atoms with van der Waals surface area (Å²) in [6.07, 6.45) is 2.44. The van der Waals surface area contributed by atoms with Gasteiger partial charge in [-0.25, -0.2) is 0 Å². The molecular weight excluding hydrogens is 396 g/mol. The summed E-state index contributed by atoms with van der Waals surface area (Å²) >= 11 is 0. The zero-order valence-corrected chi connectivity index (χ0v) is 18.3. The molecule has 0 saturated heterocycles. The highest BCUT2D eigenvalue weighted by atomic mass is 16.5. The standard InChI is InChI=1S/C24H28N2O5/c1-14-5-7-20(30-14)17(13-21(27)29-4)22-18(25-26-23(22)28)12-15-6-8-19-16(11-15)9-10-24(2,3)31-19/h5-8,11,17H,9-10,12-13H2,1-4H3,(H2,25,26,28). The summed E-state index contributed by atoms with van der Waals surface area (Å²) in [5, 5.41) is 5.68. The number of methoxy groups -OCH3 is 1. The van der Waals surface area contributed by atoms with E-state index in [4.69, 9.17) is 13.9 Å². The van der Waals surface area contributed by atoms with Crippen LogP contribution in [0.1, 0.15) is 66.5 Å². The van der Waals surface area contributed by atoms with Gasteiger partial charge in [0, 0.05) is 12.1 Å². The molecule has 1 aliphatic heterocycles. The average molecular weight is 424 g/mol. The van der Waals surface area contributed by atoms with Crippen LogP contribution >= 0.6 is 0 Å². The molecule has 1 aliphatic rings. The number of ether oxygens (including phenoxy) is 2. The number of hydrogen-bond donors (Lipinski definition) is 2. The first kappa shape index (κ1) is 21.0. The van der Waals surface area contributed by atoms with Crippen LogP contribution in [0.15, 0.2) is 39.5 Å². The van der Waals surface area contributed by atoms with E-state index in [9.17, 15) is 9.59 Å². The Labute approximate surface area is 180 Å². The Morgan fingerprint density at radius 3 is 2.74 bits per heavy atom. The lowest BCUT2D eigenvalue weighted by Gasteiger charge is -2.32. The Bertz CT molecular complexity index is 1150. The van der Waals surface area contributed by atoms with Gasteiger partial charge in [0.2, 0.25) is 0 Å². The second-order valence-electron chi connectivity index (χ2n) is 8.73. The fourth-order valence-corrected chi connectivity index (χ4v) is 4.17. The molecule has 1 aromatic carbocycles. The molecule has 0 spiro atoms. The number of carbonyl (C=O) groups is 1. The van der Waals surface area contributed by atoms with Crippen molar-refractivity contribution in [1.82, 2.24) is 10.2 Å². The van der Waals surface area contributed by atoms with E-state index < -0.39 is 11.9 Å². The summed E-state index contributed by atoms with van der Waals surface area (Å²) in [5.74, 6) is 1.26. The minimum absolute atomic E-state index is 0.0184. The van der Waals surface area contributed by atoms with Crippen molar-refractivity contribution in [3.8, 4) is 5.75 Å². The summed E-state index contributed by atoms with van der Waals surface area (Å²) in [6, 6.07) is 9.77. The fourth-order valence-electron chi connectivity index (χ4n) is 4.17. The van der Waals surface area contributed by atoms with E-state index >= 15 is 0 Å². The molecule has 1 unspecified atom stereocenters. The third-order valence-corrected chi connectivity index (χ3v) is 5.84. The molecule has 0 radical (unpaired) electrons. The highest BCUT2D eigenvalue weighted by Crippen LogP contribution is 2.35. The molecule has 3 heterocycles. The van der Waals surface area contributed by atoms with Crippen LogP contribution in [0, 0.1) is 6.92 Å². The molecule has 2 N–H and O–H groups in total. The minimum atomic E-state index is -0.534. The third kappa shape index (κ3) is 4.45. The lowest BCUT2D eigenvalue weighted by Crippen LogP contribution is -2.32. The van der Waals surface area contributed by atoms with Gasteiger partial charge in [0.25, 0.3) is 5.56 Å². The maximum absolute atomic E-state index is 12.7. The molecule has 0 saturated carbocycles. The predicted molar refractivity (Wildman–Crippen MR) is 116 cm³/mol. The highest BCUT2D eigenvalue weighted by Gasteiger charge is 2.29. The van der Waals surface area contributed by atoms with Gasteiger partial charge in [-0.15, -0.1) is 0 Å². The number of nitrogens with one attached hydrogen (secondary N) is 2. The topological polar surface area (TPSA) is 97.3 Å². The Morgan fingerprint density at radius 1 is 1.23 bits per heavy atom. The van der Waals surface area contributed by atoms with Gasteiger partial charge in [0.15, 0.2) is 0 Å². The molecule has 7 nitrogen and oxygen atoms in total. The summed E-state index contributed by atoms with van der Waals surface area (Å²) < 4.78 is 16.7. The monoisotopic (exact) mass is 424 g/mol. The van der Waals surface area contributed by atoms with Crippen LogP contribution in [0.5, 0.6) is 5.75 Å². The van der Waals surface area contributed by atoms with Gasteiger partial charge >= 0.3 is 5.97 Å². The van der Waals surface area contributed by atoms with Gasteiger partial charge in [0.1, 0.15) is 22.9 Å². The normalized spacial score (nSPS) is 15.7. The lowest BCUT2D eigenvalue weighted by atomic mass is 9.90. The molecule has 7 heteroatoms. The SMILES string of the molecule is COC(=O)CC(c1ccc(C)o1)c1c(Cc2ccc3c(c2)CCC(C)(C)O3)[nH][nH]c1=O. The van der Waals surface area contributed by atoms with E-state index in [0.717, 1.165) is 35.6 Å². The number of aromatic nitrogens is 2. The van der Waals surface area contributed by atoms with Crippen molar-refractivity contribution in [2.24, 2.45) is 0 Å². The van der Waals surface area contributed by atoms with Gasteiger partial charge < -0.3 is 19.0 Å². The van der Waals surface area contributed by atoms with E-state index in [1.807, 2.05) is 25.1 Å². The fraction of sp³-hybridized carbons (Fsp3) is 0.417. The minimum Gasteiger partial charge on any atom is -0.488 e. The average Bonchev–Trinajstić information content (AvgIpc) is 3.31. The maximum Gasteiger partial charge on any atom is 0.306 e. The Balaban J connectivity index is 1.67. The van der Waals surface area contributed by atoms with Crippen LogP contribution in [-0.4, -0.2) is 28.9 Å². The van der Waals surface area contributed by atoms with Crippen LogP contribution in [0.2, 0.25) is 0 Å². The first-order valence-corrected chi connectivity index (χ1v) is 10.5. The van der Waals surface area contributed by atoms with Crippen molar-refractivity contribution in [3.05, 3.63) is 74.6 Å². The molecule has 164 valence electrons. The summed E-state index contributed by atoms with van der Waals surface area (Å²) in [6.45, 7) is 6.02. The van der Waals surface area contributed by atoms with Crippen molar-refractivity contribution < 1.29 is 18.7 Å². The van der Waals surface area contributed by atoms with Crippen LogP contribution in [0.4, 0.5) is 0 Å². The van der Waals surface area contributed by atoms with Crippen molar-refractivity contribution >= 4 is 5.97 Å². The number of fused-ring (bicyclic) bond motifs is 1. The number of aromatic amines is 2. The summed E-state index contributed by atoms with van der Waals surface area (Å²) in [7, 11) is 1.34. The van der Waals surface area contributed by atoms with Gasteiger partial charge in [-0.3, -0.25) is 14.7 Å². The second kappa shape index (κ2) is 8.13. The van der Waals surface area contributed by atoms with E-state index in [0.29, 0.717) is 17.7 Å². The van der Waals surface area contributed by atoms with Gasteiger partial charge in [-0.05, 0) is 62.9 Å². The maximum atomic E-state index is 12.7. The number of hydrogen-bond acceptors (Lipinski definition) is 5. The van der Waals surface area contributed by atoms with Crippen LogP contribution in [0.3, 0.4) is 0 Å². The highest BCUT2D eigenvalue weighted by molar-refractivity contribution is 5.71. The number of carbonyl (C=O) groups excluding carboxylic acids is 1. The van der Waals surface area contributed by atoms with Gasteiger partial charge in [0.05, 0.1) is 25.0 Å². The Kier molecular flexibility index (Phi) is 5.52. The van der Waals surface area contributed by atoms with Crippen molar-refractivity contribution in [3.63, 3.8) is 0 Å². The molecule has 31 heavy (non-hydrogen) atoms. The number of rotatable bonds is 6. The molecule has 0 aliphatic carbocycles. The van der Waals surface area contributed by atoms with Crippen LogP contribution in [-0.2, 0) is 22.4 Å². The zero-order valence-electron chi connectivity index (χ0n) is 18.3. The van der Waals surface area contributed by atoms with E-state index in [2.05, 4.69) is 30.1 Å². The summed E-state index contributed by atoms with van der Waals surface area (Å²) in [5.41, 5.74) is 3.03. The van der Waals surface area contributed by atoms with Gasteiger partial charge in [-0.1, -0.05) is 12.1 Å². The third-order valence-electron chi connectivity index (χ3n) is 5.84. The summed E-state index contributed by atoms with van der Waals surface area (Å²) in [4.78, 5) is 24.8. The van der Waals surface area contributed by atoms with Crippen molar-refractivity contribution in [2.45, 2.75) is 58.0 Å². The number of aryl methyl sites for hydroxylation is 2. The van der Waals surface area contributed by atoms with Crippen molar-refractivity contribution in [2.75, 3.05) is 7.11 Å². The molecule has 1 atom stereocenters. The number of esters is 1. The quantitative estimate of drug-likeness (QED) is 0.583. The molecule has 2 aromatic heterocycles. The van der Waals surface area contributed by atoms with Crippen LogP contribution in [0.25, 0.3) is 0 Å². The molecule has 0 fully saturated rings. The number of benzene rings is 1. The van der Waals surface area contributed by atoms with E-state index in [1.165, 1.54) is 12.7 Å². The largest absolute Gasteiger partial charge is 0.488 e. The van der Waals surface area contributed by atoms with E-state index in [-0.39, 0.29) is 17.6 Å². The Hall–Kier alpha value is -3.22. The number of H-pyrrole nitrogens is 2. The molecule has 3 aromatic rings. The van der Waals surface area contributed by atoms with Crippen LogP contribution < -0.4 is 10.3 Å². The first-order chi connectivity index (χ1) is 14.8. The molecule has 0 amide bonds. The molecule has 0 bridgehead atoms.